The van der Waals surface area contributed by atoms with Gasteiger partial charge in [-0.15, -0.1) is 0 Å². The summed E-state index contributed by atoms with van der Waals surface area (Å²) in [6, 6.07) is 4.76. The van der Waals surface area contributed by atoms with Crippen molar-refractivity contribution >= 4 is 5.97 Å². The van der Waals surface area contributed by atoms with Crippen LogP contribution in [-0.2, 0) is 10.2 Å². The van der Waals surface area contributed by atoms with Gasteiger partial charge in [-0.25, -0.2) is 4.39 Å². The highest BCUT2D eigenvalue weighted by Crippen LogP contribution is 2.46. The fourth-order valence-electron chi connectivity index (χ4n) is 2.62. The van der Waals surface area contributed by atoms with Crippen LogP contribution in [0, 0.1) is 5.82 Å². The van der Waals surface area contributed by atoms with E-state index < -0.39 is 11.2 Å². The summed E-state index contributed by atoms with van der Waals surface area (Å²) in [6.07, 6.45) is 1.37. The van der Waals surface area contributed by atoms with Gasteiger partial charge >= 0.3 is 5.97 Å². The minimum absolute atomic E-state index is 0.134. The summed E-state index contributed by atoms with van der Waals surface area (Å²) in [7, 11) is 0. The van der Waals surface area contributed by atoms with Crippen LogP contribution in [0.3, 0.4) is 0 Å². The number of piperidine rings is 1. The van der Waals surface area contributed by atoms with Crippen LogP contribution >= 0.6 is 0 Å². The van der Waals surface area contributed by atoms with Gasteiger partial charge in [-0.05, 0) is 32.0 Å². The summed E-state index contributed by atoms with van der Waals surface area (Å²) in [6.45, 7) is 1.54. The molecule has 3 rings (SSSR count). The second-order valence-electron chi connectivity index (χ2n) is 4.34. The molecule has 0 saturated carbocycles. The molecule has 16 heavy (non-hydrogen) atoms. The fraction of sp³-hybridized carbons (Fsp3) is 0.417. The molecule has 0 radical (unpaired) electrons. The molecule has 0 bridgehead atoms. The smallest absolute Gasteiger partial charge is 0.322 e. The van der Waals surface area contributed by atoms with Gasteiger partial charge < -0.3 is 10.1 Å². The number of rotatable bonds is 0. The summed E-state index contributed by atoms with van der Waals surface area (Å²) < 4.78 is 18.6. The molecule has 0 amide bonds. The Morgan fingerprint density at radius 3 is 2.81 bits per heavy atom. The summed E-state index contributed by atoms with van der Waals surface area (Å²) in [5, 5.41) is 3.20. The van der Waals surface area contributed by atoms with Crippen molar-refractivity contribution in [3.8, 4) is 5.75 Å². The molecule has 2 aliphatic rings. The Kier molecular flexibility index (Phi) is 2.01. The number of hydrogen-bond acceptors (Lipinski definition) is 3. The molecule has 4 heteroatoms. The lowest BCUT2D eigenvalue weighted by Crippen LogP contribution is -2.44. The highest BCUT2D eigenvalue weighted by atomic mass is 19.1. The molecule has 1 N–H and O–H groups in total. The van der Waals surface area contributed by atoms with Crippen molar-refractivity contribution in [1.29, 1.82) is 0 Å². The van der Waals surface area contributed by atoms with Gasteiger partial charge in [-0.1, -0.05) is 12.1 Å². The maximum atomic E-state index is 13.5. The van der Waals surface area contributed by atoms with E-state index in [2.05, 4.69) is 5.32 Å². The summed E-state index contributed by atoms with van der Waals surface area (Å²) in [4.78, 5) is 11.9. The average molecular weight is 221 g/mol. The predicted molar refractivity (Wildman–Crippen MR) is 55.8 cm³/mol. The van der Waals surface area contributed by atoms with E-state index in [1.54, 1.807) is 12.1 Å². The Morgan fingerprint density at radius 1 is 1.31 bits per heavy atom. The standard InChI is InChI=1S/C12H12FNO2/c13-9-3-1-2-8-10(9)16-11(15)12(8)4-6-14-7-5-12/h1-3,14H,4-7H2. The lowest BCUT2D eigenvalue weighted by molar-refractivity contribution is -0.139. The van der Waals surface area contributed by atoms with Gasteiger partial charge in [-0.3, -0.25) is 4.79 Å². The molecular formula is C12H12FNO2. The van der Waals surface area contributed by atoms with Gasteiger partial charge in [0, 0.05) is 5.56 Å². The molecule has 0 aromatic heterocycles. The van der Waals surface area contributed by atoms with Gasteiger partial charge in [-0.2, -0.15) is 0 Å². The quantitative estimate of drug-likeness (QED) is 0.531. The molecule has 1 aromatic carbocycles. The molecule has 1 aromatic rings. The normalized spacial score (nSPS) is 21.9. The van der Waals surface area contributed by atoms with Crippen LogP contribution in [0.2, 0.25) is 0 Å². The van der Waals surface area contributed by atoms with E-state index in [0.29, 0.717) is 12.8 Å². The third kappa shape index (κ3) is 1.13. The molecule has 2 heterocycles. The number of nitrogens with one attached hydrogen (secondary N) is 1. The van der Waals surface area contributed by atoms with Crippen LogP contribution in [0.15, 0.2) is 18.2 Å². The third-order valence-corrected chi connectivity index (χ3v) is 3.53. The molecule has 0 atom stereocenters. The first-order valence-electron chi connectivity index (χ1n) is 5.46. The number of halogens is 1. The van der Waals surface area contributed by atoms with Crippen molar-refractivity contribution in [1.82, 2.24) is 5.32 Å². The zero-order valence-electron chi connectivity index (χ0n) is 8.75. The monoisotopic (exact) mass is 221 g/mol. The van der Waals surface area contributed by atoms with Gasteiger partial charge in [0.25, 0.3) is 0 Å². The van der Waals surface area contributed by atoms with Crippen LogP contribution < -0.4 is 10.1 Å². The number of hydrogen-bond donors (Lipinski definition) is 1. The largest absolute Gasteiger partial charge is 0.422 e. The zero-order valence-corrected chi connectivity index (χ0v) is 8.75. The Balaban J connectivity index is 2.15. The minimum atomic E-state index is -0.608. The van der Waals surface area contributed by atoms with Crippen LogP contribution in [0.4, 0.5) is 4.39 Å². The molecule has 1 saturated heterocycles. The van der Waals surface area contributed by atoms with Crippen molar-refractivity contribution in [3.63, 3.8) is 0 Å². The zero-order chi connectivity index (χ0) is 11.2. The number of ether oxygens (including phenoxy) is 1. The molecule has 2 aliphatic heterocycles. The van der Waals surface area contributed by atoms with E-state index >= 15 is 0 Å². The first kappa shape index (κ1) is 9.78. The van der Waals surface area contributed by atoms with E-state index in [1.807, 2.05) is 0 Å². The van der Waals surface area contributed by atoms with Gasteiger partial charge in [0.2, 0.25) is 0 Å². The number of benzene rings is 1. The van der Waals surface area contributed by atoms with E-state index in [0.717, 1.165) is 18.7 Å². The number of fused-ring (bicyclic) bond motifs is 2. The molecule has 0 aliphatic carbocycles. The van der Waals surface area contributed by atoms with Crippen molar-refractivity contribution in [3.05, 3.63) is 29.6 Å². The minimum Gasteiger partial charge on any atom is -0.422 e. The van der Waals surface area contributed by atoms with Crippen molar-refractivity contribution in [2.45, 2.75) is 18.3 Å². The van der Waals surface area contributed by atoms with Gasteiger partial charge in [0.1, 0.15) is 0 Å². The first-order valence-corrected chi connectivity index (χ1v) is 5.46. The Morgan fingerprint density at radius 2 is 2.06 bits per heavy atom. The molecule has 84 valence electrons. The molecular weight excluding hydrogens is 209 g/mol. The van der Waals surface area contributed by atoms with E-state index in [-0.39, 0.29) is 11.7 Å². The van der Waals surface area contributed by atoms with Gasteiger partial charge in [0.15, 0.2) is 11.6 Å². The highest BCUT2D eigenvalue weighted by molar-refractivity contribution is 5.90. The molecule has 0 unspecified atom stereocenters. The maximum absolute atomic E-state index is 13.5. The number of carbonyl (C=O) groups is 1. The average Bonchev–Trinajstić information content (AvgIpc) is 2.57. The lowest BCUT2D eigenvalue weighted by Gasteiger charge is -2.30. The third-order valence-electron chi connectivity index (χ3n) is 3.53. The van der Waals surface area contributed by atoms with E-state index in [9.17, 15) is 9.18 Å². The Hall–Kier alpha value is -1.42. The van der Waals surface area contributed by atoms with Crippen LogP contribution in [-0.4, -0.2) is 19.1 Å². The van der Waals surface area contributed by atoms with Gasteiger partial charge in [0.05, 0.1) is 5.41 Å². The molecule has 1 spiro atoms. The highest BCUT2D eigenvalue weighted by Gasteiger charge is 2.50. The SMILES string of the molecule is O=C1Oc2c(F)cccc2C12CCNCC2. The van der Waals surface area contributed by atoms with Crippen molar-refractivity contribution in [2.75, 3.05) is 13.1 Å². The van der Waals surface area contributed by atoms with Crippen molar-refractivity contribution in [2.24, 2.45) is 0 Å². The first-order chi connectivity index (χ1) is 7.74. The van der Waals surface area contributed by atoms with Crippen LogP contribution in [0.5, 0.6) is 5.75 Å². The molecule has 1 fully saturated rings. The summed E-state index contributed by atoms with van der Waals surface area (Å²) >= 11 is 0. The predicted octanol–water partition coefficient (Wildman–Crippen LogP) is 1.37. The molecule has 3 nitrogen and oxygen atoms in total. The van der Waals surface area contributed by atoms with E-state index in [4.69, 9.17) is 4.74 Å². The van der Waals surface area contributed by atoms with Crippen LogP contribution in [0.1, 0.15) is 18.4 Å². The topological polar surface area (TPSA) is 38.3 Å². The van der Waals surface area contributed by atoms with Crippen molar-refractivity contribution < 1.29 is 13.9 Å². The fourth-order valence-corrected chi connectivity index (χ4v) is 2.62. The maximum Gasteiger partial charge on any atom is 0.322 e. The lowest BCUT2D eigenvalue weighted by atomic mass is 9.74. The van der Waals surface area contributed by atoms with E-state index in [1.165, 1.54) is 6.07 Å². The Bertz CT molecular complexity index is 452. The number of para-hydroxylation sites is 1. The number of esters is 1. The second-order valence-corrected chi connectivity index (χ2v) is 4.34. The van der Waals surface area contributed by atoms with Crippen LogP contribution in [0.25, 0.3) is 0 Å². The second kappa shape index (κ2) is 3.28. The Labute approximate surface area is 92.6 Å². The summed E-state index contributed by atoms with van der Waals surface area (Å²) in [5.41, 5.74) is 0.113. The summed E-state index contributed by atoms with van der Waals surface area (Å²) in [5.74, 6) is -0.607. The number of carbonyl (C=O) groups excluding carboxylic acids is 1.